The Morgan fingerprint density at radius 3 is 2.70 bits per heavy atom. The molecule has 20 heavy (non-hydrogen) atoms. The number of hydrogen-bond donors (Lipinski definition) is 2. The summed E-state index contributed by atoms with van der Waals surface area (Å²) in [5.41, 5.74) is 0.850. The number of nitrogens with one attached hydrogen (secondary N) is 1. The van der Waals surface area contributed by atoms with Crippen molar-refractivity contribution in [3.63, 3.8) is 0 Å². The van der Waals surface area contributed by atoms with Gasteiger partial charge in [0.1, 0.15) is 5.82 Å². The fourth-order valence-electron chi connectivity index (χ4n) is 1.79. The van der Waals surface area contributed by atoms with Gasteiger partial charge in [0.2, 0.25) is 0 Å². The lowest BCUT2D eigenvalue weighted by Crippen LogP contribution is -2.10. The van der Waals surface area contributed by atoms with E-state index in [1.165, 1.54) is 6.07 Å². The van der Waals surface area contributed by atoms with Gasteiger partial charge in [-0.15, -0.1) is 0 Å². The lowest BCUT2D eigenvalue weighted by atomic mass is 10.1. The first-order valence-electron chi connectivity index (χ1n) is 5.89. The summed E-state index contributed by atoms with van der Waals surface area (Å²) in [6.45, 7) is 1.91. The van der Waals surface area contributed by atoms with Gasteiger partial charge in [-0.1, -0.05) is 35.3 Å². The SMILES string of the molecule is CC(Nc1cccc(C(=O)O)n1)c1ccc(Cl)cc1Cl. The number of aromatic nitrogens is 1. The Hall–Kier alpha value is -1.78. The molecule has 1 heterocycles. The second-order valence-electron chi connectivity index (χ2n) is 4.25. The van der Waals surface area contributed by atoms with E-state index in [1.807, 2.05) is 13.0 Å². The summed E-state index contributed by atoms with van der Waals surface area (Å²) < 4.78 is 0. The number of carboxylic acid groups (broad SMARTS) is 1. The van der Waals surface area contributed by atoms with Crippen LogP contribution >= 0.6 is 23.2 Å². The number of benzene rings is 1. The zero-order valence-corrected chi connectivity index (χ0v) is 12.1. The quantitative estimate of drug-likeness (QED) is 0.885. The molecule has 0 radical (unpaired) electrons. The van der Waals surface area contributed by atoms with Gasteiger partial charge in [0.05, 0.1) is 6.04 Å². The largest absolute Gasteiger partial charge is 0.477 e. The first-order chi connectivity index (χ1) is 9.47. The third-order valence-electron chi connectivity index (χ3n) is 2.76. The summed E-state index contributed by atoms with van der Waals surface area (Å²) in [5, 5.41) is 13.1. The number of carbonyl (C=O) groups is 1. The van der Waals surface area contributed by atoms with Gasteiger partial charge in [-0.2, -0.15) is 0 Å². The first kappa shape index (κ1) is 14.6. The van der Waals surface area contributed by atoms with Crippen molar-refractivity contribution in [3.8, 4) is 0 Å². The van der Waals surface area contributed by atoms with Crippen LogP contribution < -0.4 is 5.32 Å². The Kier molecular flexibility index (Phi) is 4.47. The molecule has 1 atom stereocenters. The average Bonchev–Trinajstić information content (AvgIpc) is 2.38. The Labute approximate surface area is 126 Å². The number of anilines is 1. The molecule has 0 bridgehead atoms. The molecule has 0 aliphatic heterocycles. The van der Waals surface area contributed by atoms with Crippen LogP contribution in [-0.4, -0.2) is 16.1 Å². The fourth-order valence-corrected chi connectivity index (χ4v) is 2.36. The molecule has 0 fully saturated rings. The number of pyridine rings is 1. The number of rotatable bonds is 4. The topological polar surface area (TPSA) is 62.2 Å². The standard InChI is InChI=1S/C14H12Cl2N2O2/c1-8(10-6-5-9(15)7-11(10)16)17-13-4-2-3-12(18-13)14(19)20/h2-8H,1H3,(H,17,18)(H,19,20). The van der Waals surface area contributed by atoms with Crippen molar-refractivity contribution >= 4 is 35.0 Å². The van der Waals surface area contributed by atoms with Gasteiger partial charge >= 0.3 is 5.97 Å². The Morgan fingerprint density at radius 1 is 1.30 bits per heavy atom. The van der Waals surface area contributed by atoms with E-state index < -0.39 is 5.97 Å². The molecule has 2 N–H and O–H groups in total. The van der Waals surface area contributed by atoms with Crippen LogP contribution in [0, 0.1) is 0 Å². The normalized spacial score (nSPS) is 11.9. The third kappa shape index (κ3) is 3.40. The van der Waals surface area contributed by atoms with Crippen molar-refractivity contribution in [2.45, 2.75) is 13.0 Å². The summed E-state index contributed by atoms with van der Waals surface area (Å²) in [6.07, 6.45) is 0. The van der Waals surface area contributed by atoms with E-state index in [2.05, 4.69) is 10.3 Å². The molecule has 0 amide bonds. The van der Waals surface area contributed by atoms with Crippen LogP contribution in [0.4, 0.5) is 5.82 Å². The van der Waals surface area contributed by atoms with Crippen LogP contribution in [0.25, 0.3) is 0 Å². The van der Waals surface area contributed by atoms with Crippen LogP contribution in [0.1, 0.15) is 29.0 Å². The second kappa shape index (κ2) is 6.11. The summed E-state index contributed by atoms with van der Waals surface area (Å²) in [7, 11) is 0. The fraction of sp³-hybridized carbons (Fsp3) is 0.143. The molecule has 4 nitrogen and oxygen atoms in total. The minimum Gasteiger partial charge on any atom is -0.477 e. The van der Waals surface area contributed by atoms with Crippen LogP contribution in [0.15, 0.2) is 36.4 Å². The van der Waals surface area contributed by atoms with Gasteiger partial charge < -0.3 is 10.4 Å². The highest BCUT2D eigenvalue weighted by Gasteiger charge is 2.12. The Morgan fingerprint density at radius 2 is 2.05 bits per heavy atom. The molecule has 0 spiro atoms. The molecular weight excluding hydrogens is 299 g/mol. The van der Waals surface area contributed by atoms with E-state index in [0.29, 0.717) is 15.9 Å². The van der Waals surface area contributed by atoms with E-state index in [9.17, 15) is 4.79 Å². The maximum Gasteiger partial charge on any atom is 0.354 e. The highest BCUT2D eigenvalue weighted by atomic mass is 35.5. The molecule has 104 valence electrons. The third-order valence-corrected chi connectivity index (χ3v) is 3.32. The van der Waals surface area contributed by atoms with E-state index in [1.54, 1.807) is 24.3 Å². The lowest BCUT2D eigenvalue weighted by Gasteiger charge is -2.16. The molecule has 1 aromatic carbocycles. The number of carboxylic acids is 1. The molecule has 2 rings (SSSR count). The maximum atomic E-state index is 10.9. The van der Waals surface area contributed by atoms with Crippen molar-refractivity contribution in [1.82, 2.24) is 4.98 Å². The van der Waals surface area contributed by atoms with Crippen LogP contribution in [0.5, 0.6) is 0 Å². The van der Waals surface area contributed by atoms with Crippen LogP contribution in [-0.2, 0) is 0 Å². The minimum atomic E-state index is -1.06. The Bertz CT molecular complexity index is 647. The van der Waals surface area contributed by atoms with Gasteiger partial charge in [-0.3, -0.25) is 0 Å². The molecule has 1 unspecified atom stereocenters. The number of nitrogens with zero attached hydrogens (tertiary/aromatic N) is 1. The molecule has 0 saturated heterocycles. The second-order valence-corrected chi connectivity index (χ2v) is 5.09. The zero-order valence-electron chi connectivity index (χ0n) is 10.6. The van der Waals surface area contributed by atoms with Crippen molar-refractivity contribution in [2.24, 2.45) is 0 Å². The van der Waals surface area contributed by atoms with E-state index >= 15 is 0 Å². The van der Waals surface area contributed by atoms with Crippen molar-refractivity contribution in [1.29, 1.82) is 0 Å². The molecule has 1 aromatic heterocycles. The van der Waals surface area contributed by atoms with Crippen molar-refractivity contribution in [3.05, 3.63) is 57.7 Å². The number of hydrogen-bond acceptors (Lipinski definition) is 3. The van der Waals surface area contributed by atoms with Crippen molar-refractivity contribution < 1.29 is 9.90 Å². The summed E-state index contributed by atoms with van der Waals surface area (Å²) >= 11 is 12.0. The molecule has 2 aromatic rings. The zero-order chi connectivity index (χ0) is 14.7. The number of aromatic carboxylic acids is 1. The average molecular weight is 311 g/mol. The summed E-state index contributed by atoms with van der Waals surface area (Å²) in [6, 6.07) is 9.88. The molecular formula is C14H12Cl2N2O2. The molecule has 0 saturated carbocycles. The molecule has 0 aliphatic rings. The van der Waals surface area contributed by atoms with Gasteiger partial charge in [-0.05, 0) is 36.8 Å². The van der Waals surface area contributed by atoms with Crippen LogP contribution in [0.2, 0.25) is 10.0 Å². The van der Waals surface area contributed by atoms with Gasteiger partial charge in [0.15, 0.2) is 5.69 Å². The number of halogens is 2. The molecule has 6 heteroatoms. The van der Waals surface area contributed by atoms with E-state index in [-0.39, 0.29) is 11.7 Å². The van der Waals surface area contributed by atoms with Gasteiger partial charge in [0.25, 0.3) is 0 Å². The van der Waals surface area contributed by atoms with Crippen molar-refractivity contribution in [2.75, 3.05) is 5.32 Å². The summed E-state index contributed by atoms with van der Waals surface area (Å²) in [5.74, 6) is -0.589. The summed E-state index contributed by atoms with van der Waals surface area (Å²) in [4.78, 5) is 14.9. The highest BCUT2D eigenvalue weighted by Crippen LogP contribution is 2.28. The van der Waals surface area contributed by atoms with Gasteiger partial charge in [0, 0.05) is 10.0 Å². The van der Waals surface area contributed by atoms with E-state index in [0.717, 1.165) is 5.56 Å². The highest BCUT2D eigenvalue weighted by molar-refractivity contribution is 6.35. The lowest BCUT2D eigenvalue weighted by molar-refractivity contribution is 0.0690. The predicted molar refractivity (Wildman–Crippen MR) is 79.7 cm³/mol. The molecule has 0 aliphatic carbocycles. The predicted octanol–water partition coefficient (Wildman–Crippen LogP) is 4.26. The smallest absolute Gasteiger partial charge is 0.354 e. The minimum absolute atomic E-state index is 0.00981. The Balaban J connectivity index is 2.21. The first-order valence-corrected chi connectivity index (χ1v) is 6.65. The van der Waals surface area contributed by atoms with Crippen LogP contribution in [0.3, 0.4) is 0 Å². The van der Waals surface area contributed by atoms with Gasteiger partial charge in [-0.25, -0.2) is 9.78 Å². The monoisotopic (exact) mass is 310 g/mol. The maximum absolute atomic E-state index is 10.9. The van der Waals surface area contributed by atoms with E-state index in [4.69, 9.17) is 28.3 Å².